The van der Waals surface area contributed by atoms with Crippen molar-refractivity contribution in [2.24, 2.45) is 0 Å². The molecule has 2 aromatic carbocycles. The summed E-state index contributed by atoms with van der Waals surface area (Å²) in [5.74, 6) is -0.460. The molecule has 1 atom stereocenters. The van der Waals surface area contributed by atoms with E-state index in [1.165, 1.54) is 16.4 Å². The van der Waals surface area contributed by atoms with Crippen molar-refractivity contribution < 1.29 is 17.5 Å². The maximum Gasteiger partial charge on any atom is 0.243 e. The molecule has 0 saturated carbocycles. The Bertz CT molecular complexity index is 845. The predicted octanol–water partition coefficient (Wildman–Crippen LogP) is 3.67. The molecule has 2 aromatic rings. The van der Waals surface area contributed by atoms with Crippen molar-refractivity contribution in [1.29, 1.82) is 0 Å². The zero-order valence-corrected chi connectivity index (χ0v) is 15.4. The predicted molar refractivity (Wildman–Crippen MR) is 94.2 cm³/mol. The fourth-order valence-corrected chi connectivity index (χ4v) is 4.74. The van der Waals surface area contributed by atoms with Gasteiger partial charge in [0.2, 0.25) is 10.0 Å². The quantitative estimate of drug-likeness (QED) is 0.836. The van der Waals surface area contributed by atoms with E-state index in [1.807, 2.05) is 45.0 Å². The summed E-state index contributed by atoms with van der Waals surface area (Å²) in [6, 6.07) is 12.8. The van der Waals surface area contributed by atoms with Crippen LogP contribution in [0.2, 0.25) is 0 Å². The Morgan fingerprint density at radius 1 is 1.08 bits per heavy atom. The lowest BCUT2D eigenvalue weighted by atomic mass is 10.0. The van der Waals surface area contributed by atoms with E-state index in [1.54, 1.807) is 0 Å². The van der Waals surface area contributed by atoms with Crippen LogP contribution in [0.3, 0.4) is 0 Å². The number of hydrogen-bond donors (Lipinski definition) is 0. The summed E-state index contributed by atoms with van der Waals surface area (Å²) in [7, 11) is -3.75. The van der Waals surface area contributed by atoms with E-state index in [-0.39, 0.29) is 24.2 Å². The van der Waals surface area contributed by atoms with Gasteiger partial charge in [0, 0.05) is 6.54 Å². The Balaban J connectivity index is 1.94. The van der Waals surface area contributed by atoms with E-state index in [4.69, 9.17) is 4.74 Å². The summed E-state index contributed by atoms with van der Waals surface area (Å²) in [5, 5.41) is 0. The molecule has 0 amide bonds. The van der Waals surface area contributed by atoms with Crippen LogP contribution in [0.1, 0.15) is 31.1 Å². The van der Waals surface area contributed by atoms with E-state index >= 15 is 0 Å². The third-order valence-electron chi connectivity index (χ3n) is 4.50. The average Bonchev–Trinajstić information content (AvgIpc) is 2.56. The van der Waals surface area contributed by atoms with Crippen molar-refractivity contribution in [3.8, 4) is 0 Å². The maximum absolute atomic E-state index is 13.2. The van der Waals surface area contributed by atoms with Crippen LogP contribution in [0.4, 0.5) is 4.39 Å². The van der Waals surface area contributed by atoms with Crippen LogP contribution in [-0.2, 0) is 14.8 Å². The minimum absolute atomic E-state index is 0.0894. The maximum atomic E-state index is 13.2. The molecule has 0 bridgehead atoms. The van der Waals surface area contributed by atoms with Gasteiger partial charge in [-0.25, -0.2) is 12.8 Å². The lowest BCUT2D eigenvalue weighted by Gasteiger charge is -2.44. The van der Waals surface area contributed by atoms with Gasteiger partial charge in [0.05, 0.1) is 23.1 Å². The highest BCUT2D eigenvalue weighted by Crippen LogP contribution is 2.34. The van der Waals surface area contributed by atoms with Gasteiger partial charge in [0.1, 0.15) is 5.82 Å². The fourth-order valence-electron chi connectivity index (χ4n) is 2.97. The van der Waals surface area contributed by atoms with Crippen molar-refractivity contribution in [2.75, 3.05) is 13.2 Å². The third-order valence-corrected chi connectivity index (χ3v) is 6.59. The van der Waals surface area contributed by atoms with Gasteiger partial charge in [-0.15, -0.1) is 0 Å². The summed E-state index contributed by atoms with van der Waals surface area (Å²) < 4.78 is 46.7. The van der Waals surface area contributed by atoms with E-state index in [0.717, 1.165) is 23.3 Å². The monoisotopic (exact) mass is 363 g/mol. The topological polar surface area (TPSA) is 46.6 Å². The van der Waals surface area contributed by atoms with E-state index < -0.39 is 21.4 Å². The van der Waals surface area contributed by atoms with E-state index in [0.29, 0.717) is 0 Å². The van der Waals surface area contributed by atoms with Gasteiger partial charge in [-0.05, 0) is 50.6 Å². The number of sulfonamides is 1. The van der Waals surface area contributed by atoms with Crippen molar-refractivity contribution in [3.05, 3.63) is 65.5 Å². The summed E-state index contributed by atoms with van der Waals surface area (Å²) in [6.45, 7) is 6.17. The van der Waals surface area contributed by atoms with Crippen LogP contribution < -0.4 is 0 Å². The number of hydrogen-bond acceptors (Lipinski definition) is 3. The van der Waals surface area contributed by atoms with E-state index in [2.05, 4.69) is 0 Å². The number of rotatable bonds is 3. The summed E-state index contributed by atoms with van der Waals surface area (Å²) >= 11 is 0. The van der Waals surface area contributed by atoms with Gasteiger partial charge < -0.3 is 4.74 Å². The molecule has 1 aliphatic rings. The van der Waals surface area contributed by atoms with Gasteiger partial charge in [-0.1, -0.05) is 29.8 Å². The number of halogens is 1. The molecule has 1 unspecified atom stereocenters. The largest absolute Gasteiger partial charge is 0.370 e. The SMILES string of the molecule is Cc1ccc(C2CN(S(=O)(=O)c3ccc(F)cc3)C(C)(C)CO2)cc1. The van der Waals surface area contributed by atoms with Gasteiger partial charge >= 0.3 is 0 Å². The first-order valence-electron chi connectivity index (χ1n) is 8.17. The Labute approximate surface area is 148 Å². The van der Waals surface area contributed by atoms with Crippen LogP contribution in [0.5, 0.6) is 0 Å². The minimum atomic E-state index is -3.75. The first-order valence-corrected chi connectivity index (χ1v) is 9.61. The van der Waals surface area contributed by atoms with Crippen LogP contribution in [-0.4, -0.2) is 31.4 Å². The molecular weight excluding hydrogens is 341 g/mol. The second-order valence-electron chi connectivity index (χ2n) is 7.01. The second-order valence-corrected chi connectivity index (χ2v) is 8.88. The number of benzene rings is 2. The molecule has 4 nitrogen and oxygen atoms in total. The summed E-state index contributed by atoms with van der Waals surface area (Å²) in [4.78, 5) is 0.0894. The highest BCUT2D eigenvalue weighted by molar-refractivity contribution is 7.89. The molecule has 3 rings (SSSR count). The highest BCUT2D eigenvalue weighted by atomic mass is 32.2. The second kappa shape index (κ2) is 6.52. The normalized spacial score (nSPS) is 21.2. The molecule has 1 heterocycles. The van der Waals surface area contributed by atoms with Crippen LogP contribution in [0.15, 0.2) is 53.4 Å². The molecule has 1 fully saturated rings. The molecule has 1 saturated heterocycles. The molecule has 25 heavy (non-hydrogen) atoms. The lowest BCUT2D eigenvalue weighted by molar-refractivity contribution is -0.0655. The van der Waals surface area contributed by atoms with Crippen molar-refractivity contribution >= 4 is 10.0 Å². The molecular formula is C19H22FNO3S. The minimum Gasteiger partial charge on any atom is -0.370 e. The van der Waals surface area contributed by atoms with Gasteiger partial charge in [0.15, 0.2) is 0 Å². The van der Waals surface area contributed by atoms with Crippen LogP contribution in [0, 0.1) is 12.7 Å². The average molecular weight is 363 g/mol. The van der Waals surface area contributed by atoms with Crippen LogP contribution in [0.25, 0.3) is 0 Å². The number of aryl methyl sites for hydroxylation is 1. The Morgan fingerprint density at radius 3 is 2.28 bits per heavy atom. The van der Waals surface area contributed by atoms with Gasteiger partial charge in [-0.2, -0.15) is 4.31 Å². The Hall–Kier alpha value is -1.76. The van der Waals surface area contributed by atoms with Crippen molar-refractivity contribution in [1.82, 2.24) is 4.31 Å². The standard InChI is InChI=1S/C19H22FNO3S/c1-14-4-6-15(7-5-14)18-12-21(19(2,3)13-24-18)25(22,23)17-10-8-16(20)9-11-17/h4-11,18H,12-13H2,1-3H3. The molecule has 0 spiro atoms. The molecule has 0 aliphatic carbocycles. The number of morpholine rings is 1. The van der Waals surface area contributed by atoms with Gasteiger partial charge in [-0.3, -0.25) is 0 Å². The number of ether oxygens (including phenoxy) is 1. The van der Waals surface area contributed by atoms with Crippen molar-refractivity contribution in [3.63, 3.8) is 0 Å². The van der Waals surface area contributed by atoms with Gasteiger partial charge in [0.25, 0.3) is 0 Å². The molecule has 0 aromatic heterocycles. The Kier molecular flexibility index (Phi) is 4.70. The van der Waals surface area contributed by atoms with E-state index in [9.17, 15) is 12.8 Å². The highest BCUT2D eigenvalue weighted by Gasteiger charge is 2.43. The lowest BCUT2D eigenvalue weighted by Crippen LogP contribution is -2.56. The molecule has 0 N–H and O–H groups in total. The number of nitrogens with zero attached hydrogens (tertiary/aromatic N) is 1. The van der Waals surface area contributed by atoms with Crippen molar-refractivity contribution in [2.45, 2.75) is 37.3 Å². The summed E-state index contributed by atoms with van der Waals surface area (Å²) in [6.07, 6.45) is -0.330. The van der Waals surface area contributed by atoms with Crippen LogP contribution >= 0.6 is 0 Å². The molecule has 1 aliphatic heterocycles. The molecule has 6 heteroatoms. The smallest absolute Gasteiger partial charge is 0.243 e. The first kappa shape index (κ1) is 18.0. The Morgan fingerprint density at radius 2 is 1.68 bits per heavy atom. The third kappa shape index (κ3) is 3.61. The molecule has 0 radical (unpaired) electrons. The zero-order valence-electron chi connectivity index (χ0n) is 14.6. The summed E-state index contributed by atoms with van der Waals surface area (Å²) in [5.41, 5.74) is 1.39. The first-order chi connectivity index (χ1) is 11.7. The molecule has 134 valence electrons. The zero-order chi connectivity index (χ0) is 18.2. The fraction of sp³-hybridized carbons (Fsp3) is 0.368.